The van der Waals surface area contributed by atoms with E-state index in [2.05, 4.69) is 11.2 Å². The van der Waals surface area contributed by atoms with E-state index in [1.54, 1.807) is 0 Å². The minimum absolute atomic E-state index is 0.0472. The van der Waals surface area contributed by atoms with Crippen LogP contribution in [-0.2, 0) is 4.79 Å². The van der Waals surface area contributed by atoms with Crippen molar-refractivity contribution < 1.29 is 4.79 Å². The summed E-state index contributed by atoms with van der Waals surface area (Å²) in [7, 11) is 0. The number of nitrogens with one attached hydrogen (secondary N) is 1. The fourth-order valence-electron chi connectivity index (χ4n) is 1.72. The van der Waals surface area contributed by atoms with Crippen molar-refractivity contribution in [3.8, 4) is 12.3 Å². The molecule has 0 radical (unpaired) electrons. The van der Waals surface area contributed by atoms with Gasteiger partial charge in [0, 0.05) is 10.6 Å². The lowest BCUT2D eigenvalue weighted by molar-refractivity contribution is -0.119. The highest BCUT2D eigenvalue weighted by molar-refractivity contribution is 8.00. The van der Waals surface area contributed by atoms with Gasteiger partial charge in [-0.15, -0.1) is 18.2 Å². The van der Waals surface area contributed by atoms with E-state index in [0.29, 0.717) is 11.4 Å². The minimum Gasteiger partial charge on any atom is -0.399 e. The summed E-state index contributed by atoms with van der Waals surface area (Å²) in [6, 6.07) is 7.48. The molecule has 0 aromatic heterocycles. The molecule has 1 aromatic rings. The van der Waals surface area contributed by atoms with Gasteiger partial charge in [-0.2, -0.15) is 0 Å². The summed E-state index contributed by atoms with van der Waals surface area (Å²) in [6.45, 7) is 3.96. The van der Waals surface area contributed by atoms with E-state index < -0.39 is 5.54 Å². The van der Waals surface area contributed by atoms with Crippen LogP contribution in [0, 0.1) is 12.3 Å². The van der Waals surface area contributed by atoms with Crippen molar-refractivity contribution in [2.24, 2.45) is 0 Å². The van der Waals surface area contributed by atoms with Crippen LogP contribution in [0.1, 0.15) is 26.7 Å². The molecule has 0 saturated carbocycles. The molecule has 0 aliphatic carbocycles. The maximum atomic E-state index is 11.9. The number of benzene rings is 1. The Morgan fingerprint density at radius 1 is 1.47 bits per heavy atom. The van der Waals surface area contributed by atoms with E-state index in [-0.39, 0.29) is 5.91 Å². The lowest BCUT2D eigenvalue weighted by Gasteiger charge is -2.26. The Kier molecular flexibility index (Phi) is 5.78. The summed E-state index contributed by atoms with van der Waals surface area (Å²) in [5, 5.41) is 2.94. The van der Waals surface area contributed by atoms with Gasteiger partial charge < -0.3 is 11.1 Å². The molecule has 4 heteroatoms. The highest BCUT2D eigenvalue weighted by Gasteiger charge is 2.24. The van der Waals surface area contributed by atoms with Crippen molar-refractivity contribution >= 4 is 23.4 Å². The first kappa shape index (κ1) is 15.5. The van der Waals surface area contributed by atoms with Gasteiger partial charge in [0.1, 0.15) is 5.54 Å². The number of hydrogen-bond donors (Lipinski definition) is 2. The van der Waals surface area contributed by atoms with E-state index in [0.717, 1.165) is 17.7 Å². The summed E-state index contributed by atoms with van der Waals surface area (Å²) in [4.78, 5) is 12.9. The van der Waals surface area contributed by atoms with Crippen molar-refractivity contribution in [1.82, 2.24) is 5.32 Å². The van der Waals surface area contributed by atoms with Crippen LogP contribution in [0.2, 0.25) is 0 Å². The van der Waals surface area contributed by atoms with Crippen molar-refractivity contribution in [3.05, 3.63) is 24.3 Å². The predicted octanol–water partition coefficient (Wildman–Crippen LogP) is 2.67. The molecule has 3 N–H and O–H groups in total. The molecule has 102 valence electrons. The molecular formula is C15H20N2OS. The first-order valence-corrected chi connectivity index (χ1v) is 7.31. The fraction of sp³-hybridized carbons (Fsp3) is 0.400. The molecule has 3 nitrogen and oxygen atoms in total. The second-order valence-electron chi connectivity index (χ2n) is 4.34. The first-order valence-electron chi connectivity index (χ1n) is 6.32. The second kappa shape index (κ2) is 7.10. The van der Waals surface area contributed by atoms with Crippen LogP contribution in [0.4, 0.5) is 5.69 Å². The van der Waals surface area contributed by atoms with Crippen molar-refractivity contribution in [2.45, 2.75) is 37.1 Å². The molecule has 0 bridgehead atoms. The van der Waals surface area contributed by atoms with Gasteiger partial charge >= 0.3 is 0 Å². The quantitative estimate of drug-likeness (QED) is 0.477. The lowest BCUT2D eigenvalue weighted by Crippen LogP contribution is -2.47. The maximum Gasteiger partial charge on any atom is 0.231 e. The van der Waals surface area contributed by atoms with E-state index >= 15 is 0 Å². The monoisotopic (exact) mass is 276 g/mol. The van der Waals surface area contributed by atoms with E-state index in [1.165, 1.54) is 11.8 Å². The topological polar surface area (TPSA) is 55.1 Å². The van der Waals surface area contributed by atoms with Crippen LogP contribution in [0.15, 0.2) is 29.2 Å². The standard InChI is InChI=1S/C15H20N2OS/c1-4-15(5-2,6-3)17-14(18)11-19-13-9-7-8-12(16)10-13/h1,7-10H,5-6,11,16H2,2-3H3,(H,17,18). The summed E-state index contributed by atoms with van der Waals surface area (Å²) in [6.07, 6.45) is 6.98. The van der Waals surface area contributed by atoms with Crippen LogP contribution in [0.25, 0.3) is 0 Å². The SMILES string of the molecule is C#CC(CC)(CC)NC(=O)CSc1cccc(N)c1. The molecule has 0 heterocycles. The molecule has 0 aliphatic heterocycles. The van der Waals surface area contributed by atoms with E-state index in [1.807, 2.05) is 38.1 Å². The number of carbonyl (C=O) groups excluding carboxylic acids is 1. The number of nitrogens with two attached hydrogens (primary N) is 1. The molecule has 0 atom stereocenters. The summed E-state index contributed by atoms with van der Waals surface area (Å²) in [5.41, 5.74) is 5.87. The van der Waals surface area contributed by atoms with Crippen molar-refractivity contribution in [2.75, 3.05) is 11.5 Å². The van der Waals surface area contributed by atoms with Gasteiger partial charge in [-0.05, 0) is 31.0 Å². The molecule has 0 aliphatic rings. The molecule has 0 spiro atoms. The molecule has 0 fully saturated rings. The number of thioether (sulfide) groups is 1. The van der Waals surface area contributed by atoms with Crippen molar-refractivity contribution in [3.63, 3.8) is 0 Å². The van der Waals surface area contributed by atoms with Gasteiger partial charge in [0.15, 0.2) is 0 Å². The zero-order valence-corrected chi connectivity index (χ0v) is 12.2. The fourth-order valence-corrected chi connectivity index (χ4v) is 2.49. The molecule has 0 saturated heterocycles. The summed E-state index contributed by atoms with van der Waals surface area (Å²) >= 11 is 1.45. The summed E-state index contributed by atoms with van der Waals surface area (Å²) < 4.78 is 0. The predicted molar refractivity (Wildman–Crippen MR) is 81.9 cm³/mol. The van der Waals surface area contributed by atoms with E-state index in [9.17, 15) is 4.79 Å². The van der Waals surface area contributed by atoms with Gasteiger partial charge in [0.2, 0.25) is 5.91 Å². The molecule has 0 unspecified atom stereocenters. The van der Waals surface area contributed by atoms with Gasteiger partial charge in [0.25, 0.3) is 0 Å². The van der Waals surface area contributed by atoms with Crippen LogP contribution >= 0.6 is 11.8 Å². The maximum absolute atomic E-state index is 11.9. The van der Waals surface area contributed by atoms with Crippen molar-refractivity contribution in [1.29, 1.82) is 0 Å². The smallest absolute Gasteiger partial charge is 0.231 e. The third-order valence-corrected chi connectivity index (χ3v) is 4.08. The van der Waals surface area contributed by atoms with Gasteiger partial charge in [0.05, 0.1) is 5.75 Å². The third-order valence-electron chi connectivity index (χ3n) is 3.09. The molecule has 1 aromatic carbocycles. The van der Waals surface area contributed by atoms with Crippen LogP contribution in [-0.4, -0.2) is 17.2 Å². The third kappa shape index (κ3) is 4.53. The summed E-state index contributed by atoms with van der Waals surface area (Å²) in [5.74, 6) is 2.98. The Hall–Kier alpha value is -1.60. The Bertz CT molecular complexity index is 475. The van der Waals surface area contributed by atoms with Crippen LogP contribution in [0.3, 0.4) is 0 Å². The Labute approximate surface area is 119 Å². The van der Waals surface area contributed by atoms with Gasteiger partial charge in [-0.25, -0.2) is 0 Å². The number of rotatable bonds is 6. The first-order chi connectivity index (χ1) is 9.05. The number of hydrogen-bond acceptors (Lipinski definition) is 3. The molecule has 19 heavy (non-hydrogen) atoms. The normalized spacial score (nSPS) is 10.8. The number of nitrogen functional groups attached to an aromatic ring is 1. The average molecular weight is 276 g/mol. The van der Waals surface area contributed by atoms with Gasteiger partial charge in [-0.1, -0.05) is 25.8 Å². The van der Waals surface area contributed by atoms with E-state index in [4.69, 9.17) is 12.2 Å². The highest BCUT2D eigenvalue weighted by atomic mass is 32.2. The Morgan fingerprint density at radius 2 is 2.16 bits per heavy atom. The minimum atomic E-state index is -0.520. The number of carbonyl (C=O) groups is 1. The zero-order valence-electron chi connectivity index (χ0n) is 11.4. The average Bonchev–Trinajstić information content (AvgIpc) is 2.43. The highest BCUT2D eigenvalue weighted by Crippen LogP contribution is 2.20. The van der Waals surface area contributed by atoms with Gasteiger partial charge in [-0.3, -0.25) is 4.79 Å². The molecular weight excluding hydrogens is 256 g/mol. The largest absolute Gasteiger partial charge is 0.399 e. The second-order valence-corrected chi connectivity index (χ2v) is 5.39. The number of terminal acetylenes is 1. The molecule has 1 rings (SSSR count). The Morgan fingerprint density at radius 3 is 2.68 bits per heavy atom. The van der Waals surface area contributed by atoms with Crippen LogP contribution < -0.4 is 11.1 Å². The molecule has 1 amide bonds. The van der Waals surface area contributed by atoms with Crippen LogP contribution in [0.5, 0.6) is 0 Å². The zero-order chi connectivity index (χ0) is 14.3. The number of amides is 1. The number of anilines is 1. The lowest BCUT2D eigenvalue weighted by atomic mass is 9.94. The Balaban J connectivity index is 2.55.